The van der Waals surface area contributed by atoms with Gasteiger partial charge in [0.1, 0.15) is 0 Å². The quantitative estimate of drug-likeness (QED) is 0.625. The number of carbonyl (C=O) groups excluding carboxylic acids is 1. The molecular formula is C11H10N2O2S. The maximum absolute atomic E-state index is 11.7. The summed E-state index contributed by atoms with van der Waals surface area (Å²) in [4.78, 5) is 15.7. The van der Waals surface area contributed by atoms with Crippen LogP contribution in [0.4, 0.5) is 5.13 Å². The highest BCUT2D eigenvalue weighted by atomic mass is 32.1. The minimum atomic E-state index is -1.26. The van der Waals surface area contributed by atoms with Gasteiger partial charge in [-0.1, -0.05) is 30.3 Å². The van der Waals surface area contributed by atoms with Gasteiger partial charge in [-0.25, -0.2) is 4.98 Å². The molecule has 0 radical (unpaired) electrons. The highest BCUT2D eigenvalue weighted by Crippen LogP contribution is 2.12. The predicted octanol–water partition coefficient (Wildman–Crippen LogP) is 1.76. The molecule has 1 aromatic carbocycles. The summed E-state index contributed by atoms with van der Waals surface area (Å²) in [6, 6.07) is 8.65. The Balaban J connectivity index is 2.05. The number of hydrogen-bond acceptors (Lipinski definition) is 5. The van der Waals surface area contributed by atoms with Crippen LogP contribution in [-0.4, -0.2) is 22.1 Å². The van der Waals surface area contributed by atoms with Crippen LogP contribution in [0.1, 0.15) is 10.4 Å². The SMILES string of the molecule is O=C(c1ccccc1)C(O)Nc1nccs1. The van der Waals surface area contributed by atoms with Crippen LogP contribution >= 0.6 is 11.3 Å². The van der Waals surface area contributed by atoms with Gasteiger partial charge in [-0.3, -0.25) is 4.79 Å². The number of thiazole rings is 1. The van der Waals surface area contributed by atoms with Crippen molar-refractivity contribution in [3.63, 3.8) is 0 Å². The zero-order valence-corrected chi connectivity index (χ0v) is 9.15. The normalized spacial score (nSPS) is 12.1. The van der Waals surface area contributed by atoms with Crippen molar-refractivity contribution in [3.05, 3.63) is 47.5 Å². The monoisotopic (exact) mass is 234 g/mol. The molecule has 0 bridgehead atoms. The van der Waals surface area contributed by atoms with Crippen LogP contribution < -0.4 is 5.32 Å². The van der Waals surface area contributed by atoms with Crippen molar-refractivity contribution in [1.29, 1.82) is 0 Å². The number of anilines is 1. The lowest BCUT2D eigenvalue weighted by Gasteiger charge is -2.10. The van der Waals surface area contributed by atoms with Gasteiger partial charge in [0.05, 0.1) is 0 Å². The van der Waals surface area contributed by atoms with E-state index >= 15 is 0 Å². The molecule has 16 heavy (non-hydrogen) atoms. The summed E-state index contributed by atoms with van der Waals surface area (Å²) in [6.07, 6.45) is 0.348. The van der Waals surface area contributed by atoms with Crippen LogP contribution in [0.15, 0.2) is 41.9 Å². The van der Waals surface area contributed by atoms with Crippen molar-refractivity contribution in [1.82, 2.24) is 4.98 Å². The van der Waals surface area contributed by atoms with Crippen LogP contribution in [0.25, 0.3) is 0 Å². The van der Waals surface area contributed by atoms with Crippen molar-refractivity contribution in [2.75, 3.05) is 5.32 Å². The molecule has 2 aromatic rings. The van der Waals surface area contributed by atoms with E-state index in [0.717, 1.165) is 0 Å². The zero-order chi connectivity index (χ0) is 11.4. The van der Waals surface area contributed by atoms with E-state index in [1.54, 1.807) is 35.8 Å². The number of ketones is 1. The Kier molecular flexibility index (Phi) is 3.28. The summed E-state index contributed by atoms with van der Waals surface area (Å²) in [5.74, 6) is -0.365. The number of nitrogens with one attached hydrogen (secondary N) is 1. The predicted molar refractivity (Wildman–Crippen MR) is 62.5 cm³/mol. The van der Waals surface area contributed by atoms with Crippen LogP contribution in [0.2, 0.25) is 0 Å². The minimum Gasteiger partial charge on any atom is -0.367 e. The van der Waals surface area contributed by atoms with Crippen molar-refractivity contribution < 1.29 is 9.90 Å². The van der Waals surface area contributed by atoms with Crippen molar-refractivity contribution >= 4 is 22.3 Å². The first-order valence-corrected chi connectivity index (χ1v) is 5.58. The fourth-order valence-electron chi connectivity index (χ4n) is 1.24. The standard InChI is InChI=1S/C11H10N2O2S/c14-9(8-4-2-1-3-5-8)10(15)13-11-12-6-7-16-11/h1-7,10,15H,(H,12,13). The van der Waals surface area contributed by atoms with E-state index in [9.17, 15) is 9.90 Å². The van der Waals surface area contributed by atoms with Gasteiger partial charge in [-0.05, 0) is 0 Å². The van der Waals surface area contributed by atoms with E-state index < -0.39 is 6.23 Å². The molecule has 0 spiro atoms. The second-order valence-electron chi connectivity index (χ2n) is 3.11. The molecule has 0 saturated heterocycles. The van der Waals surface area contributed by atoms with Crippen LogP contribution in [0.3, 0.4) is 0 Å². The third-order valence-electron chi connectivity index (χ3n) is 2.00. The maximum Gasteiger partial charge on any atom is 0.211 e. The first kappa shape index (κ1) is 10.8. The Hall–Kier alpha value is -1.72. The van der Waals surface area contributed by atoms with Gasteiger partial charge in [0, 0.05) is 17.1 Å². The Labute approximate surface area is 96.6 Å². The number of Topliss-reactive ketones (excluding diaryl/α,β-unsaturated/α-hetero) is 1. The number of benzene rings is 1. The van der Waals surface area contributed by atoms with Gasteiger partial charge in [0.2, 0.25) is 5.78 Å². The summed E-state index contributed by atoms with van der Waals surface area (Å²) in [5, 5.41) is 14.6. The van der Waals surface area contributed by atoms with Crippen LogP contribution in [-0.2, 0) is 0 Å². The van der Waals surface area contributed by atoms with Gasteiger partial charge in [0.15, 0.2) is 11.4 Å². The van der Waals surface area contributed by atoms with Gasteiger partial charge in [0.25, 0.3) is 0 Å². The summed E-state index contributed by atoms with van der Waals surface area (Å²) in [7, 11) is 0. The van der Waals surface area contributed by atoms with E-state index in [4.69, 9.17) is 0 Å². The fourth-order valence-corrected chi connectivity index (χ4v) is 1.79. The number of hydrogen-bond donors (Lipinski definition) is 2. The van der Waals surface area contributed by atoms with E-state index in [1.165, 1.54) is 11.3 Å². The minimum absolute atomic E-state index is 0.365. The van der Waals surface area contributed by atoms with Crippen molar-refractivity contribution in [2.45, 2.75) is 6.23 Å². The molecule has 4 nitrogen and oxygen atoms in total. The smallest absolute Gasteiger partial charge is 0.211 e. The first-order valence-electron chi connectivity index (χ1n) is 4.71. The van der Waals surface area contributed by atoms with Gasteiger partial charge < -0.3 is 10.4 Å². The molecule has 1 atom stereocenters. The Morgan fingerprint density at radius 3 is 2.75 bits per heavy atom. The lowest BCUT2D eigenvalue weighted by atomic mass is 10.1. The molecular weight excluding hydrogens is 224 g/mol. The topological polar surface area (TPSA) is 62.2 Å². The molecule has 2 N–H and O–H groups in total. The molecule has 0 saturated carbocycles. The van der Waals surface area contributed by atoms with Gasteiger partial charge >= 0.3 is 0 Å². The summed E-state index contributed by atoms with van der Waals surface area (Å²) < 4.78 is 0. The molecule has 82 valence electrons. The Bertz CT molecular complexity index is 456. The third-order valence-corrected chi connectivity index (χ3v) is 2.70. The Morgan fingerprint density at radius 2 is 2.12 bits per heavy atom. The molecule has 0 aliphatic heterocycles. The number of nitrogens with zero attached hydrogens (tertiary/aromatic N) is 1. The molecule has 5 heteroatoms. The molecule has 1 aromatic heterocycles. The largest absolute Gasteiger partial charge is 0.367 e. The molecule has 0 amide bonds. The van der Waals surface area contributed by atoms with Crippen molar-refractivity contribution in [3.8, 4) is 0 Å². The third kappa shape index (κ3) is 2.44. The van der Waals surface area contributed by atoms with E-state index in [2.05, 4.69) is 10.3 Å². The lowest BCUT2D eigenvalue weighted by molar-refractivity contribution is 0.0793. The average molecular weight is 234 g/mol. The van der Waals surface area contributed by atoms with E-state index in [0.29, 0.717) is 10.7 Å². The molecule has 1 unspecified atom stereocenters. The van der Waals surface area contributed by atoms with Gasteiger partial charge in [-0.2, -0.15) is 0 Å². The lowest BCUT2D eigenvalue weighted by Crippen LogP contribution is -2.28. The number of rotatable bonds is 4. The average Bonchev–Trinajstić information content (AvgIpc) is 2.82. The zero-order valence-electron chi connectivity index (χ0n) is 8.33. The summed E-state index contributed by atoms with van der Waals surface area (Å²) in [6.45, 7) is 0. The molecule has 1 heterocycles. The number of carbonyl (C=O) groups is 1. The number of aliphatic hydroxyl groups is 1. The Morgan fingerprint density at radius 1 is 1.38 bits per heavy atom. The first-order chi connectivity index (χ1) is 7.77. The molecule has 0 fully saturated rings. The fraction of sp³-hybridized carbons (Fsp3) is 0.0909. The highest BCUT2D eigenvalue weighted by Gasteiger charge is 2.17. The molecule has 2 rings (SSSR count). The molecule has 0 aliphatic carbocycles. The van der Waals surface area contributed by atoms with Gasteiger partial charge in [-0.15, -0.1) is 11.3 Å². The highest BCUT2D eigenvalue weighted by molar-refractivity contribution is 7.13. The van der Waals surface area contributed by atoms with Crippen LogP contribution in [0.5, 0.6) is 0 Å². The number of aromatic nitrogens is 1. The maximum atomic E-state index is 11.7. The second kappa shape index (κ2) is 4.87. The van der Waals surface area contributed by atoms with Crippen molar-refractivity contribution in [2.24, 2.45) is 0 Å². The summed E-state index contributed by atoms with van der Waals surface area (Å²) in [5.41, 5.74) is 0.471. The van der Waals surface area contributed by atoms with Crippen LogP contribution in [0, 0.1) is 0 Å². The van der Waals surface area contributed by atoms with E-state index in [-0.39, 0.29) is 5.78 Å². The van der Waals surface area contributed by atoms with E-state index in [1.807, 2.05) is 6.07 Å². The molecule has 0 aliphatic rings. The summed E-state index contributed by atoms with van der Waals surface area (Å²) >= 11 is 1.33. The number of aliphatic hydroxyl groups excluding tert-OH is 1. The second-order valence-corrected chi connectivity index (χ2v) is 4.01.